The molecule has 5 nitrogen and oxygen atoms in total. The number of rotatable bonds is 6. The highest BCUT2D eigenvalue weighted by Gasteiger charge is 2.28. The van der Waals surface area contributed by atoms with Gasteiger partial charge in [-0.25, -0.2) is 0 Å². The number of aliphatic hydroxyl groups is 1. The number of halogens is 1. The van der Waals surface area contributed by atoms with Gasteiger partial charge in [-0.15, -0.1) is 12.4 Å². The maximum Gasteiger partial charge on any atom is 0.249 e. The summed E-state index contributed by atoms with van der Waals surface area (Å²) in [5.41, 5.74) is 0. The van der Waals surface area contributed by atoms with Gasteiger partial charge in [0.2, 0.25) is 5.91 Å². The SMILES string of the molecule is CCC(OC1CCCC1)C(=O)NCC1CNCC1O.Cl. The minimum Gasteiger partial charge on any atom is -0.391 e. The Labute approximate surface area is 127 Å². The van der Waals surface area contributed by atoms with Crippen molar-refractivity contribution in [2.45, 2.75) is 57.3 Å². The van der Waals surface area contributed by atoms with E-state index in [0.717, 1.165) is 19.4 Å². The highest BCUT2D eigenvalue weighted by molar-refractivity contribution is 5.85. The van der Waals surface area contributed by atoms with Crippen molar-refractivity contribution < 1.29 is 14.6 Å². The molecule has 1 saturated carbocycles. The number of amides is 1. The summed E-state index contributed by atoms with van der Waals surface area (Å²) < 4.78 is 5.87. The van der Waals surface area contributed by atoms with Crippen LogP contribution in [0, 0.1) is 5.92 Å². The number of hydrogen-bond donors (Lipinski definition) is 3. The molecule has 2 rings (SSSR count). The molecule has 1 saturated heterocycles. The van der Waals surface area contributed by atoms with Crippen molar-refractivity contribution in [3.05, 3.63) is 0 Å². The van der Waals surface area contributed by atoms with Gasteiger partial charge in [-0.05, 0) is 19.3 Å². The van der Waals surface area contributed by atoms with Crippen molar-refractivity contribution in [1.29, 1.82) is 0 Å². The lowest BCUT2D eigenvalue weighted by Crippen LogP contribution is -2.42. The Hall–Kier alpha value is -0.360. The summed E-state index contributed by atoms with van der Waals surface area (Å²) in [5.74, 6) is 0.0847. The number of hydrogen-bond acceptors (Lipinski definition) is 4. The number of nitrogens with one attached hydrogen (secondary N) is 2. The van der Waals surface area contributed by atoms with E-state index in [1.165, 1.54) is 12.8 Å². The number of β-amino-alcohol motifs (C(OH)–C–C–N with tert-alkyl or cyclic N) is 1. The van der Waals surface area contributed by atoms with Crippen LogP contribution in [0.2, 0.25) is 0 Å². The van der Waals surface area contributed by atoms with Gasteiger partial charge in [0.05, 0.1) is 12.2 Å². The fourth-order valence-electron chi connectivity index (χ4n) is 2.87. The molecule has 1 heterocycles. The number of ether oxygens (including phenoxy) is 1. The second-order valence-corrected chi connectivity index (χ2v) is 5.67. The fraction of sp³-hybridized carbons (Fsp3) is 0.929. The lowest BCUT2D eigenvalue weighted by molar-refractivity contribution is -0.137. The van der Waals surface area contributed by atoms with Crippen LogP contribution in [-0.2, 0) is 9.53 Å². The molecule has 0 bridgehead atoms. The van der Waals surface area contributed by atoms with Crippen LogP contribution in [0.4, 0.5) is 0 Å². The second kappa shape index (κ2) is 8.82. The molecule has 6 heteroatoms. The van der Waals surface area contributed by atoms with Gasteiger partial charge in [-0.2, -0.15) is 0 Å². The van der Waals surface area contributed by atoms with E-state index in [1.54, 1.807) is 0 Å². The molecule has 20 heavy (non-hydrogen) atoms. The number of carbonyl (C=O) groups is 1. The van der Waals surface area contributed by atoms with Gasteiger partial charge in [0.1, 0.15) is 6.10 Å². The molecule has 3 unspecified atom stereocenters. The Morgan fingerprint density at radius 2 is 2.10 bits per heavy atom. The lowest BCUT2D eigenvalue weighted by atomic mass is 10.1. The van der Waals surface area contributed by atoms with Gasteiger partial charge in [-0.3, -0.25) is 4.79 Å². The summed E-state index contributed by atoms with van der Waals surface area (Å²) in [7, 11) is 0. The third-order valence-corrected chi connectivity index (χ3v) is 4.16. The molecule has 1 amide bonds. The van der Waals surface area contributed by atoms with Gasteiger partial charge >= 0.3 is 0 Å². The molecule has 2 fully saturated rings. The molecule has 0 aromatic rings. The fourth-order valence-corrected chi connectivity index (χ4v) is 2.87. The Bertz CT molecular complexity index is 298. The smallest absolute Gasteiger partial charge is 0.249 e. The Kier molecular flexibility index (Phi) is 7.80. The molecule has 118 valence electrons. The van der Waals surface area contributed by atoms with E-state index in [4.69, 9.17) is 4.74 Å². The number of aliphatic hydroxyl groups excluding tert-OH is 1. The van der Waals surface area contributed by atoms with Gasteiger partial charge in [-0.1, -0.05) is 19.8 Å². The van der Waals surface area contributed by atoms with Crippen molar-refractivity contribution in [3.63, 3.8) is 0 Å². The van der Waals surface area contributed by atoms with Crippen molar-refractivity contribution in [3.8, 4) is 0 Å². The molecule has 0 radical (unpaired) electrons. The first-order valence-electron chi connectivity index (χ1n) is 7.52. The van der Waals surface area contributed by atoms with Crippen molar-refractivity contribution in [2.24, 2.45) is 5.92 Å². The van der Waals surface area contributed by atoms with Crippen LogP contribution in [0.5, 0.6) is 0 Å². The summed E-state index contributed by atoms with van der Waals surface area (Å²) in [6.07, 6.45) is 4.85. The quantitative estimate of drug-likeness (QED) is 0.680. The van der Waals surface area contributed by atoms with Crippen LogP contribution >= 0.6 is 12.4 Å². The standard InChI is InChI=1S/C14H26N2O3.ClH/c1-2-13(19-11-5-3-4-6-11)14(18)16-8-10-7-15-9-12(10)17;/h10-13,15,17H,2-9H2,1H3,(H,16,18);1H. The van der Waals surface area contributed by atoms with E-state index in [9.17, 15) is 9.90 Å². The van der Waals surface area contributed by atoms with Crippen LogP contribution in [0.3, 0.4) is 0 Å². The van der Waals surface area contributed by atoms with Crippen molar-refractivity contribution >= 4 is 18.3 Å². The third-order valence-electron chi connectivity index (χ3n) is 4.16. The van der Waals surface area contributed by atoms with Crippen molar-refractivity contribution in [1.82, 2.24) is 10.6 Å². The van der Waals surface area contributed by atoms with Crippen LogP contribution < -0.4 is 10.6 Å². The molecule has 1 aliphatic heterocycles. The predicted molar refractivity (Wildman–Crippen MR) is 80.0 cm³/mol. The first-order valence-corrected chi connectivity index (χ1v) is 7.52. The first-order chi connectivity index (χ1) is 9.20. The zero-order valence-electron chi connectivity index (χ0n) is 12.1. The van der Waals surface area contributed by atoms with E-state index in [1.807, 2.05) is 6.92 Å². The van der Waals surface area contributed by atoms with Crippen LogP contribution in [-0.4, -0.2) is 49.0 Å². The average molecular weight is 307 g/mol. The third kappa shape index (κ3) is 4.88. The van der Waals surface area contributed by atoms with E-state index < -0.39 is 0 Å². The summed E-state index contributed by atoms with van der Waals surface area (Å²) in [6, 6.07) is 0. The summed E-state index contributed by atoms with van der Waals surface area (Å²) >= 11 is 0. The molecule has 0 spiro atoms. The minimum atomic E-state index is -0.351. The average Bonchev–Trinajstić information content (AvgIpc) is 3.04. The lowest BCUT2D eigenvalue weighted by Gasteiger charge is -2.21. The maximum absolute atomic E-state index is 12.1. The van der Waals surface area contributed by atoms with Crippen LogP contribution in [0.1, 0.15) is 39.0 Å². The molecule has 3 N–H and O–H groups in total. The van der Waals surface area contributed by atoms with Gasteiger partial charge in [0.15, 0.2) is 0 Å². The summed E-state index contributed by atoms with van der Waals surface area (Å²) in [5, 5.41) is 15.7. The number of carbonyl (C=O) groups excluding carboxylic acids is 1. The normalized spacial score (nSPS) is 28.1. The molecule has 0 aromatic carbocycles. The molecule has 0 aromatic heterocycles. The monoisotopic (exact) mass is 306 g/mol. The Morgan fingerprint density at radius 1 is 1.40 bits per heavy atom. The zero-order valence-corrected chi connectivity index (χ0v) is 13.0. The summed E-state index contributed by atoms with van der Waals surface area (Å²) in [4.78, 5) is 12.1. The minimum absolute atomic E-state index is 0. The van der Waals surface area contributed by atoms with E-state index >= 15 is 0 Å². The second-order valence-electron chi connectivity index (χ2n) is 5.67. The topological polar surface area (TPSA) is 70.6 Å². The molecule has 2 aliphatic rings. The predicted octanol–water partition coefficient (Wildman–Crippen LogP) is 0.843. The van der Waals surface area contributed by atoms with E-state index in [0.29, 0.717) is 19.5 Å². The Balaban J connectivity index is 0.00000200. The van der Waals surface area contributed by atoms with Gasteiger partial charge in [0, 0.05) is 25.6 Å². The van der Waals surface area contributed by atoms with E-state index in [2.05, 4.69) is 10.6 Å². The first kappa shape index (κ1) is 17.7. The molecular weight excluding hydrogens is 280 g/mol. The summed E-state index contributed by atoms with van der Waals surface area (Å²) in [6.45, 7) is 3.89. The molecule has 1 aliphatic carbocycles. The highest BCUT2D eigenvalue weighted by Crippen LogP contribution is 2.23. The largest absolute Gasteiger partial charge is 0.391 e. The van der Waals surface area contributed by atoms with Gasteiger partial charge < -0.3 is 20.5 Å². The van der Waals surface area contributed by atoms with Gasteiger partial charge in [0.25, 0.3) is 0 Å². The molecular formula is C14H27ClN2O3. The highest BCUT2D eigenvalue weighted by atomic mass is 35.5. The van der Waals surface area contributed by atoms with Crippen LogP contribution in [0.15, 0.2) is 0 Å². The maximum atomic E-state index is 12.1. The Morgan fingerprint density at radius 3 is 2.65 bits per heavy atom. The van der Waals surface area contributed by atoms with Crippen LogP contribution in [0.25, 0.3) is 0 Å². The van der Waals surface area contributed by atoms with Crippen molar-refractivity contribution in [2.75, 3.05) is 19.6 Å². The van der Waals surface area contributed by atoms with E-state index in [-0.39, 0.29) is 42.5 Å². The molecule has 3 atom stereocenters. The zero-order chi connectivity index (χ0) is 13.7.